The molecule has 2 rings (SSSR count). The third kappa shape index (κ3) is 4.20. The highest BCUT2D eigenvalue weighted by atomic mass is 16.5. The van der Waals surface area contributed by atoms with Gasteiger partial charge in [-0.25, -0.2) is 0 Å². The van der Waals surface area contributed by atoms with Crippen molar-refractivity contribution in [1.82, 2.24) is 4.90 Å². The van der Waals surface area contributed by atoms with E-state index in [0.29, 0.717) is 17.8 Å². The summed E-state index contributed by atoms with van der Waals surface area (Å²) in [5.74, 6) is -0.104. The van der Waals surface area contributed by atoms with E-state index in [1.165, 1.54) is 0 Å². The minimum Gasteiger partial charge on any atom is -0.494 e. The lowest BCUT2D eigenvalue weighted by Gasteiger charge is -2.26. The highest BCUT2D eigenvalue weighted by molar-refractivity contribution is 6.19. The largest absolute Gasteiger partial charge is 0.494 e. The molecule has 0 saturated carbocycles. The van der Waals surface area contributed by atoms with Gasteiger partial charge in [0.05, 0.1) is 6.61 Å². The Labute approximate surface area is 154 Å². The van der Waals surface area contributed by atoms with Crippen LogP contribution >= 0.6 is 0 Å². The lowest BCUT2D eigenvalue weighted by Crippen LogP contribution is -2.42. The monoisotopic (exact) mass is 352 g/mol. The van der Waals surface area contributed by atoms with Crippen LogP contribution in [0.3, 0.4) is 0 Å². The highest BCUT2D eigenvalue weighted by Gasteiger charge is 2.34. The molecule has 1 heterocycles. The zero-order valence-electron chi connectivity index (χ0n) is 15.5. The van der Waals surface area contributed by atoms with E-state index in [-0.39, 0.29) is 18.0 Å². The smallest absolute Gasteiger partial charge is 0.271 e. The van der Waals surface area contributed by atoms with E-state index in [1.807, 2.05) is 30.3 Å². The quantitative estimate of drug-likeness (QED) is 0.424. The zero-order valence-corrected chi connectivity index (χ0v) is 15.5. The van der Waals surface area contributed by atoms with Crippen molar-refractivity contribution in [3.63, 3.8) is 0 Å². The fourth-order valence-corrected chi connectivity index (χ4v) is 2.79. The van der Waals surface area contributed by atoms with Crippen LogP contribution in [0.2, 0.25) is 0 Å². The minimum absolute atomic E-state index is 0.0218. The van der Waals surface area contributed by atoms with Crippen LogP contribution in [-0.2, 0) is 9.59 Å². The molecule has 1 aliphatic heterocycles. The molecule has 0 fully saturated rings. The van der Waals surface area contributed by atoms with Gasteiger partial charge >= 0.3 is 0 Å². The maximum Gasteiger partial charge on any atom is 0.271 e. The third-order valence-corrected chi connectivity index (χ3v) is 4.35. The topological polar surface area (TPSA) is 70.4 Å². The maximum atomic E-state index is 12.6. The van der Waals surface area contributed by atoms with Crippen LogP contribution < -0.4 is 4.74 Å². The Kier molecular flexibility index (Phi) is 6.74. The summed E-state index contributed by atoms with van der Waals surface area (Å²) in [5.41, 5.74) is 1.64. The van der Waals surface area contributed by atoms with Crippen LogP contribution in [0.1, 0.15) is 45.6 Å². The molecule has 2 amide bonds. The van der Waals surface area contributed by atoms with Gasteiger partial charge in [-0.2, -0.15) is 5.26 Å². The fourth-order valence-electron chi connectivity index (χ4n) is 2.79. The number of carbonyl (C=O) groups is 2. The number of hydrogen-bond acceptors (Lipinski definition) is 4. The Morgan fingerprint density at radius 1 is 1.12 bits per heavy atom. The Hall–Kier alpha value is -2.87. The number of nitrogens with zero attached hydrogens (tertiary/aromatic N) is 2. The molecule has 1 aromatic rings. The minimum atomic E-state index is -0.523. The third-order valence-electron chi connectivity index (χ3n) is 4.35. The number of nitriles is 1. The molecule has 26 heavy (non-hydrogen) atoms. The second kappa shape index (κ2) is 9.00. The predicted molar refractivity (Wildman–Crippen MR) is 100 cm³/mol. The number of amides is 2. The van der Waals surface area contributed by atoms with Crippen LogP contribution in [0.25, 0.3) is 6.08 Å². The molecule has 0 saturated heterocycles. The number of rotatable bonds is 7. The van der Waals surface area contributed by atoms with E-state index in [1.54, 1.807) is 19.9 Å². The van der Waals surface area contributed by atoms with Gasteiger partial charge in [-0.1, -0.05) is 31.9 Å². The number of benzene rings is 1. The second-order valence-corrected chi connectivity index (χ2v) is 6.15. The van der Waals surface area contributed by atoms with Crippen molar-refractivity contribution < 1.29 is 14.3 Å². The predicted octanol–water partition coefficient (Wildman–Crippen LogP) is 3.87. The number of ether oxygens (including phenoxy) is 1. The summed E-state index contributed by atoms with van der Waals surface area (Å²) >= 11 is 0. The van der Waals surface area contributed by atoms with Gasteiger partial charge in [0, 0.05) is 12.1 Å². The lowest BCUT2D eigenvalue weighted by molar-refractivity contribution is -0.140. The summed E-state index contributed by atoms with van der Waals surface area (Å²) < 4.78 is 5.69. The molecule has 0 radical (unpaired) electrons. The number of carbonyl (C=O) groups excluding carboxylic acids is 2. The highest BCUT2D eigenvalue weighted by Crippen LogP contribution is 2.27. The van der Waals surface area contributed by atoms with Crippen molar-refractivity contribution in [3.05, 3.63) is 46.5 Å². The average Bonchev–Trinajstić information content (AvgIpc) is 2.64. The molecule has 0 aromatic heterocycles. The van der Waals surface area contributed by atoms with Gasteiger partial charge in [0.2, 0.25) is 0 Å². The molecule has 5 heteroatoms. The molecule has 1 aliphatic rings. The van der Waals surface area contributed by atoms with Crippen molar-refractivity contribution in [1.29, 1.82) is 5.26 Å². The molecular weight excluding hydrogens is 328 g/mol. The normalized spacial score (nSPS) is 16.2. The summed E-state index contributed by atoms with van der Waals surface area (Å²) in [4.78, 5) is 25.9. The molecule has 0 aliphatic carbocycles. The van der Waals surface area contributed by atoms with Crippen LogP contribution in [0.5, 0.6) is 5.75 Å². The Balaban J connectivity index is 2.24. The van der Waals surface area contributed by atoms with Crippen LogP contribution in [0.4, 0.5) is 0 Å². The van der Waals surface area contributed by atoms with E-state index in [0.717, 1.165) is 35.5 Å². The summed E-state index contributed by atoms with van der Waals surface area (Å²) in [7, 11) is 0. The molecule has 5 nitrogen and oxygen atoms in total. The van der Waals surface area contributed by atoms with E-state index in [2.05, 4.69) is 6.92 Å². The zero-order chi connectivity index (χ0) is 19.1. The summed E-state index contributed by atoms with van der Waals surface area (Å²) in [6.07, 6.45) is 5.04. The Bertz CT molecular complexity index is 782. The van der Waals surface area contributed by atoms with Crippen molar-refractivity contribution in [2.24, 2.45) is 0 Å². The molecule has 0 unspecified atom stereocenters. The van der Waals surface area contributed by atoms with Crippen molar-refractivity contribution in [2.45, 2.75) is 40.0 Å². The van der Waals surface area contributed by atoms with Crippen molar-refractivity contribution in [2.75, 3.05) is 13.2 Å². The first kappa shape index (κ1) is 19.5. The van der Waals surface area contributed by atoms with Crippen LogP contribution in [0, 0.1) is 11.3 Å². The first-order valence-electron chi connectivity index (χ1n) is 8.95. The van der Waals surface area contributed by atoms with Crippen LogP contribution in [-0.4, -0.2) is 29.9 Å². The Morgan fingerprint density at radius 3 is 2.38 bits per heavy atom. The van der Waals surface area contributed by atoms with E-state index in [4.69, 9.17) is 4.74 Å². The molecule has 0 bridgehead atoms. The maximum absolute atomic E-state index is 12.6. The van der Waals surface area contributed by atoms with Crippen molar-refractivity contribution >= 4 is 17.9 Å². The molecular formula is C21H24N2O3. The van der Waals surface area contributed by atoms with Gasteiger partial charge in [-0.15, -0.1) is 0 Å². The number of likely N-dealkylation sites (N-methyl/N-ethyl adjacent to an activating group) is 1. The SMILES string of the molecule is CCCCCOc1ccc(/C=C2/C(=O)N(CC)C(=O)C(C#N)=C2C)cc1. The van der Waals surface area contributed by atoms with Gasteiger partial charge in [-0.05, 0) is 49.6 Å². The summed E-state index contributed by atoms with van der Waals surface area (Å²) in [6, 6.07) is 9.37. The van der Waals surface area contributed by atoms with E-state index in [9.17, 15) is 14.9 Å². The molecule has 1 aromatic carbocycles. The molecule has 0 spiro atoms. The Morgan fingerprint density at radius 2 is 1.81 bits per heavy atom. The second-order valence-electron chi connectivity index (χ2n) is 6.15. The summed E-state index contributed by atoms with van der Waals surface area (Å²) in [6.45, 7) is 6.42. The van der Waals surface area contributed by atoms with Crippen LogP contribution in [0.15, 0.2) is 41.0 Å². The molecule has 0 N–H and O–H groups in total. The standard InChI is InChI=1S/C21H24N2O3/c1-4-6-7-12-26-17-10-8-16(9-11-17)13-18-15(3)19(14-22)21(25)23(5-2)20(18)24/h8-11,13H,4-7,12H2,1-3H3/b18-13+. The fraction of sp³-hybridized carbons (Fsp3) is 0.381. The first-order chi connectivity index (χ1) is 12.5. The summed E-state index contributed by atoms with van der Waals surface area (Å²) in [5, 5.41) is 9.26. The number of unbranched alkanes of at least 4 members (excludes halogenated alkanes) is 2. The molecule has 0 atom stereocenters. The lowest BCUT2D eigenvalue weighted by atomic mass is 9.94. The molecule has 136 valence electrons. The van der Waals surface area contributed by atoms with Gasteiger partial charge in [0.1, 0.15) is 17.4 Å². The number of imide groups is 1. The van der Waals surface area contributed by atoms with Crippen molar-refractivity contribution in [3.8, 4) is 11.8 Å². The van der Waals surface area contributed by atoms with E-state index < -0.39 is 5.91 Å². The number of hydrogen-bond donors (Lipinski definition) is 0. The van der Waals surface area contributed by atoms with Gasteiger partial charge < -0.3 is 4.74 Å². The van der Waals surface area contributed by atoms with Gasteiger partial charge in [0.15, 0.2) is 0 Å². The average molecular weight is 352 g/mol. The van der Waals surface area contributed by atoms with Gasteiger partial charge in [-0.3, -0.25) is 14.5 Å². The van der Waals surface area contributed by atoms with Gasteiger partial charge in [0.25, 0.3) is 11.8 Å². The first-order valence-corrected chi connectivity index (χ1v) is 8.95. The van der Waals surface area contributed by atoms with E-state index >= 15 is 0 Å².